The van der Waals surface area contributed by atoms with E-state index in [0.717, 1.165) is 32.2 Å². The van der Waals surface area contributed by atoms with E-state index in [4.69, 9.17) is 4.74 Å². The molecule has 0 saturated heterocycles. The Morgan fingerprint density at radius 2 is 2.22 bits per heavy atom. The van der Waals surface area contributed by atoms with E-state index in [1.807, 2.05) is 31.3 Å². The van der Waals surface area contributed by atoms with Gasteiger partial charge in [-0.1, -0.05) is 12.1 Å². The van der Waals surface area contributed by atoms with Gasteiger partial charge in [-0.05, 0) is 28.9 Å². The number of imidazole rings is 1. The average Bonchev–Trinajstić information content (AvgIpc) is 2.80. The molecule has 5 heteroatoms. The molecule has 0 aliphatic rings. The summed E-state index contributed by atoms with van der Waals surface area (Å²) in [4.78, 5) is 12.2. The SMILES string of the molecule is CCOCc1nc2c(cnc3c(Br)cccc32)[nH]1. The summed E-state index contributed by atoms with van der Waals surface area (Å²) in [5, 5.41) is 1.04. The number of halogens is 1. The van der Waals surface area contributed by atoms with Crippen LogP contribution in [0.3, 0.4) is 0 Å². The molecule has 2 heterocycles. The molecule has 3 aromatic rings. The smallest absolute Gasteiger partial charge is 0.133 e. The highest BCUT2D eigenvalue weighted by Gasteiger charge is 2.09. The van der Waals surface area contributed by atoms with Crippen molar-refractivity contribution in [2.45, 2.75) is 13.5 Å². The molecule has 0 saturated carbocycles. The van der Waals surface area contributed by atoms with Crippen LogP contribution in [-0.4, -0.2) is 21.6 Å². The number of hydrogen-bond acceptors (Lipinski definition) is 3. The molecule has 0 aliphatic carbocycles. The van der Waals surface area contributed by atoms with Crippen LogP contribution in [0.1, 0.15) is 12.7 Å². The fraction of sp³-hybridized carbons (Fsp3) is 0.231. The molecule has 92 valence electrons. The quantitative estimate of drug-likeness (QED) is 0.807. The third-order valence-corrected chi connectivity index (χ3v) is 3.43. The zero-order valence-corrected chi connectivity index (χ0v) is 11.5. The maximum atomic E-state index is 5.36. The summed E-state index contributed by atoms with van der Waals surface area (Å²) in [6, 6.07) is 6.00. The minimum atomic E-state index is 0.501. The summed E-state index contributed by atoms with van der Waals surface area (Å²) >= 11 is 3.51. The van der Waals surface area contributed by atoms with Gasteiger partial charge in [-0.2, -0.15) is 0 Å². The molecule has 0 amide bonds. The first-order chi connectivity index (χ1) is 8.79. The fourth-order valence-electron chi connectivity index (χ4n) is 1.97. The predicted octanol–water partition coefficient (Wildman–Crippen LogP) is 3.41. The summed E-state index contributed by atoms with van der Waals surface area (Å²) in [5.41, 5.74) is 2.81. The van der Waals surface area contributed by atoms with Crippen LogP contribution in [0.5, 0.6) is 0 Å². The number of aromatic nitrogens is 3. The van der Waals surface area contributed by atoms with Crippen LogP contribution < -0.4 is 0 Å². The van der Waals surface area contributed by atoms with Gasteiger partial charge in [0.1, 0.15) is 12.4 Å². The standard InChI is InChI=1S/C13H12BrN3O/c1-2-18-7-11-16-10-6-15-12-8(13(10)17-11)4-3-5-9(12)14/h3-6H,2,7H2,1H3,(H,16,17). The van der Waals surface area contributed by atoms with Crippen LogP contribution in [-0.2, 0) is 11.3 Å². The van der Waals surface area contributed by atoms with Crippen molar-refractivity contribution >= 4 is 37.9 Å². The van der Waals surface area contributed by atoms with Crippen LogP contribution in [0.15, 0.2) is 28.9 Å². The second-order valence-electron chi connectivity index (χ2n) is 3.98. The molecule has 4 nitrogen and oxygen atoms in total. The van der Waals surface area contributed by atoms with Gasteiger partial charge >= 0.3 is 0 Å². The van der Waals surface area contributed by atoms with Crippen LogP contribution in [0, 0.1) is 0 Å². The molecular weight excluding hydrogens is 294 g/mol. The Balaban J connectivity index is 2.20. The van der Waals surface area contributed by atoms with Crippen molar-refractivity contribution < 1.29 is 4.74 Å². The Morgan fingerprint density at radius 1 is 1.33 bits per heavy atom. The van der Waals surface area contributed by atoms with Gasteiger partial charge in [-0.15, -0.1) is 0 Å². The number of para-hydroxylation sites is 1. The molecule has 2 aromatic heterocycles. The highest BCUT2D eigenvalue weighted by atomic mass is 79.9. The summed E-state index contributed by atoms with van der Waals surface area (Å²) in [7, 11) is 0. The topological polar surface area (TPSA) is 50.8 Å². The summed E-state index contributed by atoms with van der Waals surface area (Å²) in [6.07, 6.45) is 1.81. The van der Waals surface area contributed by atoms with Crippen LogP contribution >= 0.6 is 15.9 Å². The number of aromatic amines is 1. The van der Waals surface area contributed by atoms with E-state index in [1.54, 1.807) is 0 Å². The van der Waals surface area contributed by atoms with E-state index >= 15 is 0 Å². The molecular formula is C13H12BrN3O. The maximum Gasteiger partial charge on any atom is 0.133 e. The van der Waals surface area contributed by atoms with Crippen molar-refractivity contribution in [2.75, 3.05) is 6.61 Å². The monoisotopic (exact) mass is 305 g/mol. The molecule has 18 heavy (non-hydrogen) atoms. The van der Waals surface area contributed by atoms with Crippen molar-refractivity contribution in [3.8, 4) is 0 Å². The predicted molar refractivity (Wildman–Crippen MR) is 74.4 cm³/mol. The van der Waals surface area contributed by atoms with Crippen LogP contribution in [0.2, 0.25) is 0 Å². The Hall–Kier alpha value is -1.46. The maximum absolute atomic E-state index is 5.36. The van der Waals surface area contributed by atoms with Gasteiger partial charge in [-0.25, -0.2) is 4.98 Å². The highest BCUT2D eigenvalue weighted by Crippen LogP contribution is 2.27. The molecule has 0 spiro atoms. The molecule has 0 bridgehead atoms. The Labute approximate surface area is 113 Å². The molecule has 1 aromatic carbocycles. The van der Waals surface area contributed by atoms with Crippen molar-refractivity contribution in [1.29, 1.82) is 0 Å². The fourth-order valence-corrected chi connectivity index (χ4v) is 2.44. The van der Waals surface area contributed by atoms with Crippen molar-refractivity contribution in [2.24, 2.45) is 0 Å². The number of hydrogen-bond donors (Lipinski definition) is 1. The van der Waals surface area contributed by atoms with Crippen molar-refractivity contribution in [3.05, 3.63) is 34.7 Å². The largest absolute Gasteiger partial charge is 0.374 e. The zero-order valence-electron chi connectivity index (χ0n) is 9.90. The lowest BCUT2D eigenvalue weighted by molar-refractivity contribution is 0.129. The molecule has 0 fully saturated rings. The Morgan fingerprint density at radius 3 is 3.06 bits per heavy atom. The van der Waals surface area contributed by atoms with Crippen LogP contribution in [0.25, 0.3) is 21.9 Å². The van der Waals surface area contributed by atoms with Crippen LogP contribution in [0.4, 0.5) is 0 Å². The lowest BCUT2D eigenvalue weighted by Crippen LogP contribution is -1.93. The number of ether oxygens (including phenoxy) is 1. The lowest BCUT2D eigenvalue weighted by atomic mass is 10.2. The minimum absolute atomic E-state index is 0.501. The number of fused-ring (bicyclic) bond motifs is 3. The first-order valence-electron chi connectivity index (χ1n) is 5.79. The van der Waals surface area contributed by atoms with Crippen molar-refractivity contribution in [3.63, 3.8) is 0 Å². The molecule has 0 radical (unpaired) electrons. The van der Waals surface area contributed by atoms with E-state index in [2.05, 4.69) is 30.9 Å². The van der Waals surface area contributed by atoms with E-state index in [-0.39, 0.29) is 0 Å². The zero-order chi connectivity index (χ0) is 12.5. The highest BCUT2D eigenvalue weighted by molar-refractivity contribution is 9.10. The number of pyridine rings is 1. The first-order valence-corrected chi connectivity index (χ1v) is 6.58. The average molecular weight is 306 g/mol. The minimum Gasteiger partial charge on any atom is -0.374 e. The van der Waals surface area contributed by atoms with Gasteiger partial charge in [0, 0.05) is 16.5 Å². The number of nitrogens with zero attached hydrogens (tertiary/aromatic N) is 2. The summed E-state index contributed by atoms with van der Waals surface area (Å²) in [5.74, 6) is 0.834. The number of rotatable bonds is 3. The number of benzene rings is 1. The second-order valence-corrected chi connectivity index (χ2v) is 4.83. The number of nitrogens with one attached hydrogen (secondary N) is 1. The van der Waals surface area contributed by atoms with Gasteiger partial charge in [0.05, 0.1) is 22.7 Å². The first kappa shape index (κ1) is 11.6. The second kappa shape index (κ2) is 4.66. The normalized spacial score (nSPS) is 11.4. The molecule has 3 rings (SSSR count). The summed E-state index contributed by atoms with van der Waals surface area (Å²) in [6.45, 7) is 3.15. The molecule has 0 aliphatic heterocycles. The molecule has 0 atom stereocenters. The third-order valence-electron chi connectivity index (χ3n) is 2.79. The summed E-state index contributed by atoms with van der Waals surface area (Å²) < 4.78 is 6.34. The third kappa shape index (κ3) is 1.89. The van der Waals surface area contributed by atoms with E-state index in [9.17, 15) is 0 Å². The number of H-pyrrole nitrogens is 1. The lowest BCUT2D eigenvalue weighted by Gasteiger charge is -1.99. The Kier molecular flexibility index (Phi) is 3.01. The van der Waals surface area contributed by atoms with Crippen molar-refractivity contribution in [1.82, 2.24) is 15.0 Å². The van der Waals surface area contributed by atoms with E-state index in [0.29, 0.717) is 13.2 Å². The molecule has 0 unspecified atom stereocenters. The molecule has 1 N–H and O–H groups in total. The van der Waals surface area contributed by atoms with Gasteiger partial charge in [0.15, 0.2) is 0 Å². The van der Waals surface area contributed by atoms with Gasteiger partial charge in [-0.3, -0.25) is 4.98 Å². The van der Waals surface area contributed by atoms with Gasteiger partial charge in [0.2, 0.25) is 0 Å². The van der Waals surface area contributed by atoms with E-state index < -0.39 is 0 Å². The Bertz CT molecular complexity index is 708. The van der Waals surface area contributed by atoms with Gasteiger partial charge < -0.3 is 9.72 Å². The van der Waals surface area contributed by atoms with E-state index in [1.165, 1.54) is 0 Å². The van der Waals surface area contributed by atoms with Gasteiger partial charge in [0.25, 0.3) is 0 Å².